The van der Waals surface area contributed by atoms with E-state index in [1.54, 1.807) is 30.3 Å². The molecule has 13 nitrogen and oxygen atoms in total. The summed E-state index contributed by atoms with van der Waals surface area (Å²) in [7, 11) is 1.41. The molecule has 13 heteroatoms. The number of aromatic hydroxyl groups is 3. The lowest BCUT2D eigenvalue weighted by Crippen LogP contribution is -2.37. The summed E-state index contributed by atoms with van der Waals surface area (Å²) in [6.45, 7) is 4.49. The molecule has 2 heterocycles. The number of carbonyl (C=O) groups excluding carboxylic acids is 1. The Balaban J connectivity index is 0.000000467. The van der Waals surface area contributed by atoms with Gasteiger partial charge in [0.1, 0.15) is 22.8 Å². The van der Waals surface area contributed by atoms with Crippen molar-refractivity contribution < 1.29 is 49.3 Å². The van der Waals surface area contributed by atoms with Crippen LogP contribution in [0, 0.1) is 5.92 Å². The molecule has 0 spiro atoms. The van der Waals surface area contributed by atoms with Crippen molar-refractivity contribution in [3.63, 3.8) is 0 Å². The van der Waals surface area contributed by atoms with E-state index in [1.165, 1.54) is 19.2 Å². The monoisotopic (exact) mass is 595 g/mol. The van der Waals surface area contributed by atoms with Crippen LogP contribution in [0.4, 0.5) is 0 Å². The molecule has 0 aliphatic carbocycles. The molecule has 0 saturated carbocycles. The first-order valence-electron chi connectivity index (χ1n) is 13.5. The van der Waals surface area contributed by atoms with Crippen LogP contribution in [0.25, 0.3) is 10.4 Å². The Kier molecular flexibility index (Phi) is 9.71. The third-order valence-electron chi connectivity index (χ3n) is 6.87. The standard InChI is InChI=1S/C25H22O10.C5H11N3/c1-32-17-6-11(2-4-14(17)28)24-20(10-26)33-16-5-3-12(7-18(16)34-24)25-23(31)22(30)21-15(29)8-13(27)9-19(21)35-25;1-5(2)3-4-7-8-6/h2-9,20,23-29,31H,10H2,1H3;5H,3-4H2,1-2H3/t20-,23+,24-,25-;/m1./s1. The SMILES string of the molecule is CC(C)CCN=[N+]=[N-].COc1cc([C@H]2Oc3cc([C@H]4Oc5cc(O)cc(O)c5C(=O)[C@@H]4O)ccc3O[C@@H]2CO)ccc1O. The van der Waals surface area contributed by atoms with E-state index in [0.717, 1.165) is 12.5 Å². The zero-order chi connectivity index (χ0) is 31.3. The molecule has 5 rings (SSSR count). The Morgan fingerprint density at radius 1 is 0.930 bits per heavy atom. The van der Waals surface area contributed by atoms with Crippen molar-refractivity contribution in [2.45, 2.75) is 44.7 Å². The van der Waals surface area contributed by atoms with Gasteiger partial charge in [-0.05, 0) is 47.7 Å². The predicted molar refractivity (Wildman–Crippen MR) is 153 cm³/mol. The summed E-state index contributed by atoms with van der Waals surface area (Å²) in [5.74, 6) is -0.184. The van der Waals surface area contributed by atoms with Crippen LogP contribution >= 0.6 is 0 Å². The van der Waals surface area contributed by atoms with Gasteiger partial charge in [-0.25, -0.2) is 0 Å². The van der Waals surface area contributed by atoms with Gasteiger partial charge < -0.3 is 44.5 Å². The quantitative estimate of drug-likeness (QED) is 0.145. The number of nitrogens with zero attached hydrogens (tertiary/aromatic N) is 3. The number of azide groups is 1. The van der Waals surface area contributed by atoms with Crippen LogP contribution in [0.15, 0.2) is 53.6 Å². The number of methoxy groups -OCH3 is 1. The van der Waals surface area contributed by atoms with E-state index in [4.69, 9.17) is 24.5 Å². The normalized spacial score (nSPS) is 20.2. The summed E-state index contributed by atoms with van der Waals surface area (Å²) < 4.78 is 23.0. The van der Waals surface area contributed by atoms with Crippen molar-refractivity contribution >= 4 is 5.78 Å². The van der Waals surface area contributed by atoms with Crippen molar-refractivity contribution in [3.8, 4) is 40.2 Å². The van der Waals surface area contributed by atoms with Crippen LogP contribution in [-0.4, -0.2) is 63.8 Å². The molecule has 0 fully saturated rings. The average Bonchev–Trinajstić information content (AvgIpc) is 2.98. The molecule has 0 unspecified atom stereocenters. The molecule has 4 atom stereocenters. The molecule has 2 aliphatic rings. The molecule has 5 N–H and O–H groups in total. The van der Waals surface area contributed by atoms with E-state index in [9.17, 15) is 30.3 Å². The predicted octanol–water partition coefficient (Wildman–Crippen LogP) is 4.71. The average molecular weight is 596 g/mol. The van der Waals surface area contributed by atoms with Crippen molar-refractivity contribution in [3.05, 3.63) is 75.7 Å². The largest absolute Gasteiger partial charge is 0.508 e. The summed E-state index contributed by atoms with van der Waals surface area (Å²) in [5.41, 5.74) is 8.59. The molecule has 0 saturated heterocycles. The minimum absolute atomic E-state index is 0.0540. The molecule has 0 radical (unpaired) electrons. The van der Waals surface area contributed by atoms with Crippen molar-refractivity contribution in [1.82, 2.24) is 0 Å². The highest BCUT2D eigenvalue weighted by atomic mass is 16.6. The zero-order valence-electron chi connectivity index (χ0n) is 23.7. The number of phenolic OH excluding ortho intramolecular Hbond substituents is 3. The third-order valence-corrected chi connectivity index (χ3v) is 6.87. The highest BCUT2D eigenvalue weighted by molar-refractivity contribution is 6.05. The Labute approximate surface area is 247 Å². The number of Topliss-reactive ketones (excluding diaryl/α,β-unsaturated/α-hetero) is 1. The van der Waals surface area contributed by atoms with Crippen LogP contribution in [0.1, 0.15) is 54.0 Å². The first-order chi connectivity index (χ1) is 20.6. The topological polar surface area (TPSA) is 204 Å². The fraction of sp³-hybridized carbons (Fsp3) is 0.367. The summed E-state index contributed by atoms with van der Waals surface area (Å²) >= 11 is 0. The van der Waals surface area contributed by atoms with Gasteiger partial charge in [-0.3, -0.25) is 4.79 Å². The highest BCUT2D eigenvalue weighted by Crippen LogP contribution is 2.45. The van der Waals surface area contributed by atoms with E-state index < -0.39 is 35.9 Å². The van der Waals surface area contributed by atoms with Gasteiger partial charge in [-0.15, -0.1) is 0 Å². The summed E-state index contributed by atoms with van der Waals surface area (Å²) in [6.07, 6.45) is -3.29. The zero-order valence-corrected chi connectivity index (χ0v) is 23.7. The van der Waals surface area contributed by atoms with Crippen molar-refractivity contribution in [2.24, 2.45) is 11.0 Å². The molecule has 3 aromatic carbocycles. The Morgan fingerprint density at radius 3 is 2.30 bits per heavy atom. The molecule has 228 valence electrons. The Morgan fingerprint density at radius 2 is 1.63 bits per heavy atom. The van der Waals surface area contributed by atoms with E-state index in [-0.39, 0.29) is 40.9 Å². The first-order valence-corrected chi connectivity index (χ1v) is 13.5. The fourth-order valence-corrected chi connectivity index (χ4v) is 4.64. The second kappa shape index (κ2) is 13.4. The maximum atomic E-state index is 12.7. The lowest BCUT2D eigenvalue weighted by Gasteiger charge is -2.35. The number of rotatable bonds is 7. The van der Waals surface area contributed by atoms with Crippen LogP contribution < -0.4 is 18.9 Å². The number of hydrogen-bond acceptors (Lipinski definition) is 11. The molecule has 3 aromatic rings. The minimum atomic E-state index is -1.62. The van der Waals surface area contributed by atoms with E-state index >= 15 is 0 Å². The Bertz CT molecular complexity index is 1520. The number of ketones is 1. The van der Waals surface area contributed by atoms with Gasteiger partial charge >= 0.3 is 0 Å². The molecule has 0 bridgehead atoms. The van der Waals surface area contributed by atoms with Gasteiger partial charge in [-0.2, -0.15) is 0 Å². The summed E-state index contributed by atoms with van der Waals surface area (Å²) in [5, 5.41) is 53.6. The van der Waals surface area contributed by atoms with Crippen LogP contribution in [0.3, 0.4) is 0 Å². The Hall–Kier alpha value is -4.84. The summed E-state index contributed by atoms with van der Waals surface area (Å²) in [6, 6.07) is 11.5. The number of fused-ring (bicyclic) bond motifs is 2. The van der Waals surface area contributed by atoms with Gasteiger partial charge in [0.05, 0.1) is 13.7 Å². The molecule has 0 aromatic heterocycles. The number of phenols is 3. The van der Waals surface area contributed by atoms with Crippen LogP contribution in [0.5, 0.6) is 40.2 Å². The number of aliphatic hydroxyl groups is 2. The van der Waals surface area contributed by atoms with E-state index in [0.29, 0.717) is 29.3 Å². The highest BCUT2D eigenvalue weighted by Gasteiger charge is 2.40. The maximum absolute atomic E-state index is 12.7. The second-order valence-electron chi connectivity index (χ2n) is 10.3. The minimum Gasteiger partial charge on any atom is -0.508 e. The van der Waals surface area contributed by atoms with E-state index in [1.807, 2.05) is 0 Å². The summed E-state index contributed by atoms with van der Waals surface area (Å²) in [4.78, 5) is 15.4. The fourth-order valence-electron chi connectivity index (χ4n) is 4.64. The number of carbonyl (C=O) groups is 1. The smallest absolute Gasteiger partial charge is 0.202 e. The van der Waals surface area contributed by atoms with Crippen molar-refractivity contribution in [1.29, 1.82) is 0 Å². The van der Waals surface area contributed by atoms with E-state index in [2.05, 4.69) is 23.9 Å². The van der Waals surface area contributed by atoms with Crippen LogP contribution in [-0.2, 0) is 0 Å². The number of aliphatic hydroxyl groups excluding tert-OH is 2. The first kappa shape index (κ1) is 31.1. The molecule has 2 aliphatic heterocycles. The maximum Gasteiger partial charge on any atom is 0.202 e. The van der Waals surface area contributed by atoms with Gasteiger partial charge in [-0.1, -0.05) is 31.1 Å². The lowest BCUT2D eigenvalue weighted by atomic mass is 9.92. The van der Waals surface area contributed by atoms with Gasteiger partial charge in [0.2, 0.25) is 5.78 Å². The number of benzene rings is 3. The van der Waals surface area contributed by atoms with Gasteiger partial charge in [0, 0.05) is 29.2 Å². The molecular formula is C30H33N3O10. The molecule has 0 amide bonds. The molecular weight excluding hydrogens is 562 g/mol. The van der Waals surface area contributed by atoms with Gasteiger partial charge in [0.25, 0.3) is 0 Å². The van der Waals surface area contributed by atoms with Crippen LogP contribution in [0.2, 0.25) is 0 Å². The van der Waals surface area contributed by atoms with Crippen molar-refractivity contribution in [2.75, 3.05) is 20.3 Å². The number of ether oxygens (including phenoxy) is 4. The molecule has 43 heavy (non-hydrogen) atoms. The van der Waals surface area contributed by atoms with Gasteiger partial charge in [0.15, 0.2) is 47.4 Å². The lowest BCUT2D eigenvalue weighted by molar-refractivity contribution is -0.0130. The third kappa shape index (κ3) is 6.81. The second-order valence-corrected chi connectivity index (χ2v) is 10.3. The number of hydrogen-bond donors (Lipinski definition) is 5.